The molecule has 0 saturated carbocycles. The summed E-state index contributed by atoms with van der Waals surface area (Å²) >= 11 is 0. The third-order valence-corrected chi connectivity index (χ3v) is 1.88. The smallest absolute Gasteiger partial charge is 0.139 e. The van der Waals surface area contributed by atoms with Gasteiger partial charge in [0.1, 0.15) is 5.65 Å². The zero-order valence-electron chi connectivity index (χ0n) is 12.5. The number of fused-ring (bicyclic) bond motifs is 1. The first-order chi connectivity index (χ1) is 8.42. The minimum absolute atomic E-state index is 1.05. The number of hydrogen-bond donors (Lipinski definition) is 0. The first-order valence-electron chi connectivity index (χ1n) is 6.82. The molecule has 98 valence electrons. The minimum Gasteiger partial charge on any atom is -0.308 e. The Morgan fingerprint density at radius 2 is 1.59 bits per heavy atom. The number of aryl methyl sites for hydroxylation is 1. The van der Waals surface area contributed by atoms with Crippen molar-refractivity contribution in [3.63, 3.8) is 0 Å². The van der Waals surface area contributed by atoms with Crippen molar-refractivity contribution >= 4 is 5.65 Å². The number of hydrogen-bond acceptors (Lipinski definition) is 1. The Hall–Kier alpha value is -1.31. The van der Waals surface area contributed by atoms with E-state index in [-0.39, 0.29) is 0 Å². The Balaban J connectivity index is 0. The molecule has 0 spiro atoms. The van der Waals surface area contributed by atoms with Crippen LogP contribution in [0.2, 0.25) is 0 Å². The second-order valence-electron chi connectivity index (χ2n) is 2.55. The SMILES string of the molecule is CC.CC.CC.CCc1ccn2cccnc12. The van der Waals surface area contributed by atoms with E-state index in [9.17, 15) is 0 Å². The van der Waals surface area contributed by atoms with Crippen LogP contribution in [-0.2, 0) is 6.42 Å². The van der Waals surface area contributed by atoms with E-state index >= 15 is 0 Å². The van der Waals surface area contributed by atoms with Crippen LogP contribution in [0.15, 0.2) is 30.7 Å². The van der Waals surface area contributed by atoms with Gasteiger partial charge in [-0.1, -0.05) is 48.5 Å². The van der Waals surface area contributed by atoms with Gasteiger partial charge in [-0.05, 0) is 24.1 Å². The Labute approximate surface area is 107 Å². The van der Waals surface area contributed by atoms with Gasteiger partial charge >= 0.3 is 0 Å². The standard InChI is InChI=1S/C9H10N2.3C2H6/c1-2-8-4-7-11-6-3-5-10-9(8)11;3*1-2/h3-7H,2H2,1H3;3*1-2H3. The predicted octanol–water partition coefficient (Wildman–Crippen LogP) is 4.98. The molecule has 2 aromatic rings. The van der Waals surface area contributed by atoms with Crippen LogP contribution in [0.3, 0.4) is 0 Å². The maximum atomic E-state index is 4.27. The van der Waals surface area contributed by atoms with Gasteiger partial charge in [-0.2, -0.15) is 0 Å². The lowest BCUT2D eigenvalue weighted by Gasteiger charge is -1.93. The Kier molecular flexibility index (Phi) is 13.6. The second kappa shape index (κ2) is 12.8. The monoisotopic (exact) mass is 236 g/mol. The third-order valence-electron chi connectivity index (χ3n) is 1.88. The summed E-state index contributed by atoms with van der Waals surface area (Å²) in [5, 5.41) is 0. The van der Waals surface area contributed by atoms with Crippen LogP contribution in [0.1, 0.15) is 54.0 Å². The van der Waals surface area contributed by atoms with Gasteiger partial charge in [0, 0.05) is 18.6 Å². The maximum Gasteiger partial charge on any atom is 0.139 e. The van der Waals surface area contributed by atoms with E-state index in [0.717, 1.165) is 12.1 Å². The molecule has 17 heavy (non-hydrogen) atoms. The second-order valence-corrected chi connectivity index (χ2v) is 2.55. The zero-order chi connectivity index (χ0) is 13.7. The van der Waals surface area contributed by atoms with Crippen molar-refractivity contribution in [1.29, 1.82) is 0 Å². The molecule has 0 fully saturated rings. The fourth-order valence-electron chi connectivity index (χ4n) is 1.27. The van der Waals surface area contributed by atoms with Crippen molar-refractivity contribution in [3.05, 3.63) is 36.3 Å². The molecule has 2 heterocycles. The van der Waals surface area contributed by atoms with Crippen LogP contribution in [-0.4, -0.2) is 9.38 Å². The summed E-state index contributed by atoms with van der Waals surface area (Å²) in [5.41, 5.74) is 2.39. The zero-order valence-corrected chi connectivity index (χ0v) is 12.5. The molecule has 0 aliphatic heterocycles. The van der Waals surface area contributed by atoms with E-state index in [1.807, 2.05) is 70.6 Å². The van der Waals surface area contributed by atoms with Crippen molar-refractivity contribution in [2.24, 2.45) is 0 Å². The molecule has 0 unspecified atom stereocenters. The summed E-state index contributed by atoms with van der Waals surface area (Å²) in [6, 6.07) is 4.05. The number of aromatic nitrogens is 2. The highest BCUT2D eigenvalue weighted by atomic mass is 15.0. The molecule has 0 amide bonds. The van der Waals surface area contributed by atoms with Gasteiger partial charge in [-0.3, -0.25) is 0 Å². The molecule has 2 nitrogen and oxygen atoms in total. The van der Waals surface area contributed by atoms with Gasteiger partial charge in [0.05, 0.1) is 0 Å². The first-order valence-corrected chi connectivity index (χ1v) is 6.82. The highest BCUT2D eigenvalue weighted by Gasteiger charge is 1.98. The molecule has 2 heteroatoms. The van der Waals surface area contributed by atoms with Gasteiger partial charge in [-0.15, -0.1) is 0 Å². The predicted molar refractivity (Wildman–Crippen MR) is 78.6 cm³/mol. The molecular weight excluding hydrogens is 208 g/mol. The Morgan fingerprint density at radius 3 is 2.12 bits per heavy atom. The van der Waals surface area contributed by atoms with Gasteiger partial charge in [0.2, 0.25) is 0 Å². The average molecular weight is 236 g/mol. The molecule has 0 saturated heterocycles. The van der Waals surface area contributed by atoms with E-state index in [4.69, 9.17) is 0 Å². The average Bonchev–Trinajstić information content (AvgIpc) is 2.88. The van der Waals surface area contributed by atoms with Crippen LogP contribution in [0.5, 0.6) is 0 Å². The van der Waals surface area contributed by atoms with Crippen LogP contribution < -0.4 is 0 Å². The summed E-state index contributed by atoms with van der Waals surface area (Å²) in [7, 11) is 0. The quantitative estimate of drug-likeness (QED) is 0.683. The molecule has 0 radical (unpaired) electrons. The van der Waals surface area contributed by atoms with Crippen molar-refractivity contribution in [2.75, 3.05) is 0 Å². The van der Waals surface area contributed by atoms with Gasteiger partial charge < -0.3 is 4.40 Å². The van der Waals surface area contributed by atoms with Crippen molar-refractivity contribution in [3.8, 4) is 0 Å². The molecule has 2 rings (SSSR count). The van der Waals surface area contributed by atoms with Gasteiger partial charge in [-0.25, -0.2) is 4.98 Å². The first kappa shape index (κ1) is 18.1. The van der Waals surface area contributed by atoms with E-state index in [0.29, 0.717) is 0 Å². The summed E-state index contributed by atoms with van der Waals surface area (Å²) in [5.74, 6) is 0. The lowest BCUT2D eigenvalue weighted by atomic mass is 10.2. The Bertz CT molecular complexity index is 364. The number of rotatable bonds is 1. The normalized spacial score (nSPS) is 7.94. The van der Waals surface area contributed by atoms with Crippen molar-refractivity contribution in [2.45, 2.75) is 54.9 Å². The summed E-state index contributed by atoms with van der Waals surface area (Å²) in [6.07, 6.45) is 6.94. The summed E-state index contributed by atoms with van der Waals surface area (Å²) < 4.78 is 2.04. The summed E-state index contributed by atoms with van der Waals surface area (Å²) in [4.78, 5) is 4.27. The molecule has 2 aromatic heterocycles. The van der Waals surface area contributed by atoms with E-state index in [2.05, 4.69) is 18.0 Å². The Morgan fingerprint density at radius 1 is 1.00 bits per heavy atom. The minimum atomic E-state index is 1.05. The third kappa shape index (κ3) is 5.53. The molecular formula is C15H28N2. The largest absolute Gasteiger partial charge is 0.308 e. The fraction of sp³-hybridized carbons (Fsp3) is 0.533. The summed E-state index contributed by atoms with van der Waals surface area (Å²) in [6.45, 7) is 14.1. The van der Waals surface area contributed by atoms with Crippen LogP contribution in [0.4, 0.5) is 0 Å². The molecule has 0 aliphatic rings. The fourth-order valence-corrected chi connectivity index (χ4v) is 1.27. The molecule has 0 bridgehead atoms. The highest BCUT2D eigenvalue weighted by Crippen LogP contribution is 2.08. The molecule has 0 aliphatic carbocycles. The van der Waals surface area contributed by atoms with Crippen LogP contribution in [0.25, 0.3) is 5.65 Å². The van der Waals surface area contributed by atoms with Crippen molar-refractivity contribution in [1.82, 2.24) is 9.38 Å². The highest BCUT2D eigenvalue weighted by molar-refractivity contribution is 5.48. The van der Waals surface area contributed by atoms with Gasteiger partial charge in [0.15, 0.2) is 0 Å². The van der Waals surface area contributed by atoms with Gasteiger partial charge in [0.25, 0.3) is 0 Å². The van der Waals surface area contributed by atoms with Crippen LogP contribution in [0, 0.1) is 0 Å². The molecule has 0 atom stereocenters. The molecule has 0 aromatic carbocycles. The lowest BCUT2D eigenvalue weighted by molar-refractivity contribution is 1.10. The topological polar surface area (TPSA) is 17.3 Å². The lowest BCUT2D eigenvalue weighted by Crippen LogP contribution is -1.85. The van der Waals surface area contributed by atoms with Crippen LogP contribution >= 0.6 is 0 Å². The maximum absolute atomic E-state index is 4.27. The van der Waals surface area contributed by atoms with E-state index < -0.39 is 0 Å². The number of nitrogens with zero attached hydrogens (tertiary/aromatic N) is 2. The van der Waals surface area contributed by atoms with E-state index in [1.54, 1.807) is 0 Å². The van der Waals surface area contributed by atoms with Crippen molar-refractivity contribution < 1.29 is 0 Å². The molecule has 0 N–H and O–H groups in total. The van der Waals surface area contributed by atoms with E-state index in [1.165, 1.54) is 5.56 Å².